The zero-order chi connectivity index (χ0) is 34.0. The van der Waals surface area contributed by atoms with Gasteiger partial charge in [0.05, 0.1) is 5.41 Å². The molecule has 4 aliphatic carbocycles. The zero-order valence-electron chi connectivity index (χ0n) is 28.5. The minimum Gasteiger partial charge on any atom is -0.0619 e. The number of hydrogen-bond donors (Lipinski definition) is 0. The van der Waals surface area contributed by atoms with Gasteiger partial charge < -0.3 is 0 Å². The molecule has 0 heterocycles. The second kappa shape index (κ2) is 10.3. The van der Waals surface area contributed by atoms with Crippen molar-refractivity contribution in [3.8, 4) is 44.5 Å². The molecule has 240 valence electrons. The van der Waals surface area contributed by atoms with Crippen LogP contribution in [0.4, 0.5) is 0 Å². The lowest BCUT2D eigenvalue weighted by atomic mass is 9.61. The van der Waals surface area contributed by atoms with E-state index in [1.807, 2.05) is 0 Å². The fourth-order valence-corrected chi connectivity index (χ4v) is 10.5. The number of fused-ring (bicyclic) bond motifs is 12. The highest BCUT2D eigenvalue weighted by Crippen LogP contribution is 2.65. The standard InChI is InChI=1S/C52H32/c1-6-22-40-33(15-1)34-16-2-7-23-41(34)49(40)50-42-24-8-3-19-37(42)46-31-32(29-30-43(46)50)52(47-27-13-11-20-38(47)39-21-12-14-28-48(39)52)51-44-25-9-4-17-35(44)36-18-5-10-26-45(36)51/h1-31,51H. The second-order valence-electron chi connectivity index (χ2n) is 14.7. The van der Waals surface area contributed by atoms with Gasteiger partial charge in [0.1, 0.15) is 0 Å². The highest BCUT2D eigenvalue weighted by Gasteiger charge is 2.54. The molecule has 0 unspecified atom stereocenters. The Bertz CT molecular complexity index is 2720. The summed E-state index contributed by atoms with van der Waals surface area (Å²) < 4.78 is 0. The van der Waals surface area contributed by atoms with Gasteiger partial charge in [0.25, 0.3) is 0 Å². The van der Waals surface area contributed by atoms with Gasteiger partial charge in [-0.3, -0.25) is 0 Å². The van der Waals surface area contributed by atoms with Gasteiger partial charge >= 0.3 is 0 Å². The Morgan fingerprint density at radius 3 is 1.10 bits per heavy atom. The summed E-state index contributed by atoms with van der Waals surface area (Å²) in [5.41, 5.74) is 25.1. The minimum atomic E-state index is -0.442. The first-order valence-corrected chi connectivity index (χ1v) is 18.4. The van der Waals surface area contributed by atoms with Crippen LogP contribution in [-0.2, 0) is 5.41 Å². The Morgan fingerprint density at radius 1 is 0.269 bits per heavy atom. The molecule has 0 aliphatic heterocycles. The van der Waals surface area contributed by atoms with Crippen LogP contribution in [0.5, 0.6) is 0 Å². The average Bonchev–Trinajstić information content (AvgIpc) is 3.92. The van der Waals surface area contributed by atoms with Crippen LogP contribution in [0.3, 0.4) is 0 Å². The number of benzene rings is 8. The minimum absolute atomic E-state index is 0.103. The van der Waals surface area contributed by atoms with Gasteiger partial charge in [0, 0.05) is 5.92 Å². The molecule has 0 N–H and O–H groups in total. The Labute approximate surface area is 304 Å². The molecule has 12 rings (SSSR count). The molecule has 0 aromatic heterocycles. The molecule has 0 saturated heterocycles. The zero-order valence-corrected chi connectivity index (χ0v) is 28.5. The molecular weight excluding hydrogens is 625 g/mol. The van der Waals surface area contributed by atoms with Crippen LogP contribution in [0.15, 0.2) is 188 Å². The normalized spacial score (nSPS) is 14.9. The molecule has 0 fully saturated rings. The molecule has 4 aliphatic rings. The lowest BCUT2D eigenvalue weighted by Crippen LogP contribution is -2.34. The number of rotatable bonds is 2. The lowest BCUT2D eigenvalue weighted by Gasteiger charge is -2.40. The third kappa shape index (κ3) is 3.42. The summed E-state index contributed by atoms with van der Waals surface area (Å²) in [6, 6.07) is 71.1. The Morgan fingerprint density at radius 2 is 0.615 bits per heavy atom. The van der Waals surface area contributed by atoms with E-state index in [1.165, 1.54) is 106 Å². The summed E-state index contributed by atoms with van der Waals surface area (Å²) in [7, 11) is 0. The van der Waals surface area contributed by atoms with Crippen molar-refractivity contribution in [1.29, 1.82) is 0 Å². The Balaban J connectivity index is 1.20. The van der Waals surface area contributed by atoms with Crippen LogP contribution in [0.1, 0.15) is 56.0 Å². The van der Waals surface area contributed by atoms with E-state index in [4.69, 9.17) is 0 Å². The third-order valence-electron chi connectivity index (χ3n) is 12.4. The molecule has 52 heavy (non-hydrogen) atoms. The summed E-state index contributed by atoms with van der Waals surface area (Å²) in [5, 5.41) is 0. The Hall–Kier alpha value is -6.50. The smallest absolute Gasteiger partial charge is 0.0573 e. The number of hydrogen-bond acceptors (Lipinski definition) is 0. The van der Waals surface area contributed by atoms with Gasteiger partial charge in [-0.2, -0.15) is 0 Å². The van der Waals surface area contributed by atoms with Crippen LogP contribution in [-0.4, -0.2) is 0 Å². The summed E-state index contributed by atoms with van der Waals surface area (Å²) >= 11 is 0. The fraction of sp³-hybridized carbons (Fsp3) is 0.0385. The van der Waals surface area contributed by atoms with Gasteiger partial charge in [-0.1, -0.05) is 182 Å². The molecule has 0 atom stereocenters. The Kier molecular flexibility index (Phi) is 5.58. The van der Waals surface area contributed by atoms with Crippen molar-refractivity contribution in [3.05, 3.63) is 238 Å². The summed E-state index contributed by atoms with van der Waals surface area (Å²) in [6.07, 6.45) is 0. The van der Waals surface area contributed by atoms with E-state index >= 15 is 0 Å². The van der Waals surface area contributed by atoms with Crippen LogP contribution in [0.25, 0.3) is 55.7 Å². The van der Waals surface area contributed by atoms with E-state index < -0.39 is 5.41 Å². The SMILES string of the molecule is c1ccc2c(c1)C(=C1c3ccccc3-c3cc(C4(C5c6ccccc6-c6ccccc65)c5ccccc5-c5ccccc54)ccc31)c1ccccc1-2. The fourth-order valence-electron chi connectivity index (χ4n) is 10.5. The van der Waals surface area contributed by atoms with Crippen LogP contribution in [0, 0.1) is 0 Å². The van der Waals surface area contributed by atoms with Gasteiger partial charge in [0.15, 0.2) is 0 Å². The van der Waals surface area contributed by atoms with Gasteiger partial charge in [0.2, 0.25) is 0 Å². The lowest BCUT2D eigenvalue weighted by molar-refractivity contribution is 0.559. The topological polar surface area (TPSA) is 0 Å². The average molecular weight is 657 g/mol. The maximum atomic E-state index is 2.57. The van der Waals surface area contributed by atoms with Crippen molar-refractivity contribution in [2.75, 3.05) is 0 Å². The van der Waals surface area contributed by atoms with Crippen molar-refractivity contribution in [3.63, 3.8) is 0 Å². The van der Waals surface area contributed by atoms with Gasteiger partial charge in [-0.25, -0.2) is 0 Å². The maximum absolute atomic E-state index is 2.57. The molecule has 0 bridgehead atoms. The third-order valence-corrected chi connectivity index (χ3v) is 12.4. The van der Waals surface area contributed by atoms with E-state index in [0.717, 1.165) is 0 Å². The highest BCUT2D eigenvalue weighted by atomic mass is 14.5. The van der Waals surface area contributed by atoms with Gasteiger partial charge in [-0.05, 0) is 112 Å². The maximum Gasteiger partial charge on any atom is 0.0573 e. The van der Waals surface area contributed by atoms with E-state index in [1.54, 1.807) is 0 Å². The van der Waals surface area contributed by atoms with Crippen molar-refractivity contribution in [2.45, 2.75) is 11.3 Å². The largest absolute Gasteiger partial charge is 0.0619 e. The summed E-state index contributed by atoms with van der Waals surface area (Å²) in [5.74, 6) is 0.103. The van der Waals surface area contributed by atoms with E-state index in [2.05, 4.69) is 188 Å². The molecule has 0 spiro atoms. The summed E-state index contributed by atoms with van der Waals surface area (Å²) in [6.45, 7) is 0. The molecule has 0 amide bonds. The van der Waals surface area contributed by atoms with Crippen molar-refractivity contribution in [1.82, 2.24) is 0 Å². The molecular formula is C52H32. The molecule has 0 nitrogen and oxygen atoms in total. The predicted octanol–water partition coefficient (Wildman–Crippen LogP) is 12.8. The first kappa shape index (κ1) is 28.2. The van der Waals surface area contributed by atoms with E-state index in [-0.39, 0.29) is 5.92 Å². The quantitative estimate of drug-likeness (QED) is 0.174. The van der Waals surface area contributed by atoms with E-state index in [0.29, 0.717) is 0 Å². The van der Waals surface area contributed by atoms with Crippen LogP contribution < -0.4 is 0 Å². The molecule has 0 heteroatoms. The van der Waals surface area contributed by atoms with Gasteiger partial charge in [-0.15, -0.1) is 0 Å². The highest BCUT2D eigenvalue weighted by molar-refractivity contribution is 6.18. The van der Waals surface area contributed by atoms with Crippen LogP contribution in [0.2, 0.25) is 0 Å². The van der Waals surface area contributed by atoms with Crippen molar-refractivity contribution in [2.24, 2.45) is 0 Å². The van der Waals surface area contributed by atoms with Crippen molar-refractivity contribution < 1.29 is 0 Å². The van der Waals surface area contributed by atoms with Crippen molar-refractivity contribution >= 4 is 11.1 Å². The molecule has 0 saturated carbocycles. The first-order valence-electron chi connectivity index (χ1n) is 18.4. The molecule has 0 radical (unpaired) electrons. The summed E-state index contributed by atoms with van der Waals surface area (Å²) in [4.78, 5) is 0. The first-order chi connectivity index (χ1) is 25.8. The van der Waals surface area contributed by atoms with Crippen LogP contribution >= 0.6 is 0 Å². The molecule has 8 aromatic carbocycles. The van der Waals surface area contributed by atoms with E-state index in [9.17, 15) is 0 Å². The monoisotopic (exact) mass is 656 g/mol. The predicted molar refractivity (Wildman–Crippen MR) is 214 cm³/mol. The second-order valence-corrected chi connectivity index (χ2v) is 14.7. The molecule has 8 aromatic rings.